The fraction of sp³-hybridized carbons (Fsp3) is 0.353. The zero-order chi connectivity index (χ0) is 29.8. The number of unbranched alkanes of at least 4 members (excludes halogenated alkanes) is 2. The molecule has 5 rings (SSSR count). The number of fused-ring (bicyclic) bond motifs is 1. The fourth-order valence-corrected chi connectivity index (χ4v) is 5.77. The van der Waals surface area contributed by atoms with Crippen LogP contribution in [0.4, 0.5) is 0 Å². The molecule has 1 unspecified atom stereocenters. The van der Waals surface area contributed by atoms with Crippen molar-refractivity contribution in [3.8, 4) is 34.3 Å². The first-order valence-corrected chi connectivity index (χ1v) is 14.5. The van der Waals surface area contributed by atoms with E-state index in [4.69, 9.17) is 14.2 Å². The monoisotopic (exact) mass is 569 g/mol. The molecule has 0 saturated carbocycles. The van der Waals surface area contributed by atoms with Crippen LogP contribution in [0.5, 0.6) is 23.0 Å². The van der Waals surface area contributed by atoms with Gasteiger partial charge in [-0.15, -0.1) is 0 Å². The van der Waals surface area contributed by atoms with Crippen LogP contribution in [0.25, 0.3) is 11.3 Å². The van der Waals surface area contributed by atoms with Crippen molar-refractivity contribution in [1.82, 2.24) is 15.1 Å². The van der Waals surface area contributed by atoms with Gasteiger partial charge in [-0.3, -0.25) is 9.89 Å². The highest BCUT2D eigenvalue weighted by molar-refractivity contribution is 6.00. The lowest BCUT2D eigenvalue weighted by atomic mass is 9.93. The maximum absolute atomic E-state index is 13.9. The van der Waals surface area contributed by atoms with Crippen molar-refractivity contribution in [3.05, 3.63) is 88.1 Å². The van der Waals surface area contributed by atoms with Gasteiger partial charge in [0.05, 0.1) is 26.9 Å². The smallest absolute Gasteiger partial charge is 0.273 e. The van der Waals surface area contributed by atoms with E-state index in [1.807, 2.05) is 67.3 Å². The number of aromatic amines is 1. The highest BCUT2D eigenvalue weighted by atomic mass is 16.5. The van der Waals surface area contributed by atoms with Crippen molar-refractivity contribution in [3.63, 3.8) is 0 Å². The maximum Gasteiger partial charge on any atom is 0.273 e. The molecule has 8 nitrogen and oxygen atoms in total. The van der Waals surface area contributed by atoms with E-state index < -0.39 is 6.04 Å². The first kappa shape index (κ1) is 29.0. The van der Waals surface area contributed by atoms with E-state index >= 15 is 0 Å². The number of ether oxygens (including phenoxy) is 3. The SMILES string of the molecule is CCCCCOc1ccc(C2c3c(-c4c(C)cc(C)cc4O)n[nH]c3C(=O)N2CCc2ccc(OC)cc2)cc1OC. The molecule has 0 radical (unpaired) electrons. The van der Waals surface area contributed by atoms with E-state index in [0.29, 0.717) is 48.0 Å². The molecule has 1 aliphatic heterocycles. The molecular formula is C34H39N3O5. The summed E-state index contributed by atoms with van der Waals surface area (Å²) in [5.74, 6) is 2.07. The normalized spacial score (nSPS) is 14.3. The maximum atomic E-state index is 13.9. The lowest BCUT2D eigenvalue weighted by molar-refractivity contribution is 0.0745. The van der Waals surface area contributed by atoms with Gasteiger partial charge in [0.15, 0.2) is 11.5 Å². The number of nitrogens with zero attached hydrogens (tertiary/aromatic N) is 2. The summed E-state index contributed by atoms with van der Waals surface area (Å²) in [6, 6.07) is 17.0. The second kappa shape index (κ2) is 12.6. The Morgan fingerprint density at radius 1 is 0.976 bits per heavy atom. The van der Waals surface area contributed by atoms with Gasteiger partial charge in [-0.25, -0.2) is 0 Å². The number of hydrogen-bond donors (Lipinski definition) is 2. The third-order valence-corrected chi connectivity index (χ3v) is 7.87. The van der Waals surface area contributed by atoms with Gasteiger partial charge >= 0.3 is 0 Å². The standard InChI is InChI=1S/C34H39N3O5/c1-6-7-8-17-42-27-14-11-24(20-28(27)41-5)33-30-31(29-22(3)18-21(2)19-26(29)38)35-36-32(30)34(39)37(33)16-15-23-9-12-25(40-4)13-10-23/h9-14,18-20,33,38H,6-8,15-17H2,1-5H3,(H,35,36). The van der Waals surface area contributed by atoms with Gasteiger partial charge < -0.3 is 24.2 Å². The molecule has 220 valence electrons. The highest BCUT2D eigenvalue weighted by Gasteiger charge is 2.42. The summed E-state index contributed by atoms with van der Waals surface area (Å²) in [6.45, 7) is 7.14. The van der Waals surface area contributed by atoms with Crippen molar-refractivity contribution in [2.75, 3.05) is 27.4 Å². The summed E-state index contributed by atoms with van der Waals surface area (Å²) in [5, 5.41) is 18.6. The Balaban J connectivity index is 1.56. The number of nitrogens with one attached hydrogen (secondary N) is 1. The molecule has 4 aromatic rings. The minimum atomic E-state index is -0.442. The largest absolute Gasteiger partial charge is 0.507 e. The Morgan fingerprint density at radius 3 is 2.45 bits per heavy atom. The summed E-state index contributed by atoms with van der Waals surface area (Å²) < 4.78 is 17.1. The number of aromatic hydroxyl groups is 1. The first-order valence-electron chi connectivity index (χ1n) is 14.5. The molecule has 3 aromatic carbocycles. The predicted molar refractivity (Wildman–Crippen MR) is 163 cm³/mol. The molecule has 1 aliphatic rings. The summed E-state index contributed by atoms with van der Waals surface area (Å²) in [7, 11) is 3.27. The number of phenols is 1. The van der Waals surface area contributed by atoms with Crippen molar-refractivity contribution >= 4 is 5.91 Å². The average Bonchev–Trinajstić information content (AvgIpc) is 3.52. The van der Waals surface area contributed by atoms with E-state index in [9.17, 15) is 9.90 Å². The van der Waals surface area contributed by atoms with Crippen LogP contribution in [0, 0.1) is 13.8 Å². The zero-order valence-corrected chi connectivity index (χ0v) is 25.0. The Hall–Kier alpha value is -4.46. The van der Waals surface area contributed by atoms with Crippen LogP contribution in [0.2, 0.25) is 0 Å². The number of phenolic OH excluding ortho intramolecular Hbond substituents is 1. The van der Waals surface area contributed by atoms with Gasteiger partial charge in [-0.05, 0) is 79.3 Å². The second-order valence-corrected chi connectivity index (χ2v) is 10.8. The molecule has 0 bridgehead atoms. The number of hydrogen-bond acceptors (Lipinski definition) is 6. The van der Waals surface area contributed by atoms with E-state index in [1.165, 1.54) is 0 Å². The molecule has 2 N–H and O–H groups in total. The third kappa shape index (κ3) is 5.66. The molecule has 0 spiro atoms. The van der Waals surface area contributed by atoms with E-state index in [2.05, 4.69) is 17.1 Å². The summed E-state index contributed by atoms with van der Waals surface area (Å²) in [5.41, 5.74) is 6.18. The van der Waals surface area contributed by atoms with Gasteiger partial charge in [0.2, 0.25) is 0 Å². The minimum absolute atomic E-state index is 0.134. The Labute approximate surface area is 247 Å². The number of aromatic nitrogens is 2. The lowest BCUT2D eigenvalue weighted by Gasteiger charge is -2.27. The van der Waals surface area contributed by atoms with Crippen LogP contribution in [0.1, 0.15) is 70.5 Å². The van der Waals surface area contributed by atoms with Crippen molar-refractivity contribution in [1.29, 1.82) is 0 Å². The molecule has 0 aliphatic carbocycles. The first-order chi connectivity index (χ1) is 20.4. The van der Waals surface area contributed by atoms with Gasteiger partial charge in [0.1, 0.15) is 22.9 Å². The Kier molecular flexibility index (Phi) is 8.71. The van der Waals surface area contributed by atoms with Gasteiger partial charge in [-0.2, -0.15) is 5.10 Å². The molecule has 2 heterocycles. The second-order valence-electron chi connectivity index (χ2n) is 10.8. The lowest BCUT2D eigenvalue weighted by Crippen LogP contribution is -2.31. The molecular weight excluding hydrogens is 530 g/mol. The number of H-pyrrole nitrogens is 1. The summed E-state index contributed by atoms with van der Waals surface area (Å²) in [4.78, 5) is 15.8. The third-order valence-electron chi connectivity index (χ3n) is 7.87. The van der Waals surface area contributed by atoms with Gasteiger partial charge in [-0.1, -0.05) is 44.0 Å². The number of carbonyl (C=O) groups is 1. The molecule has 0 saturated heterocycles. The van der Waals surface area contributed by atoms with Crippen LogP contribution < -0.4 is 14.2 Å². The quantitative estimate of drug-likeness (QED) is 0.183. The summed E-state index contributed by atoms with van der Waals surface area (Å²) >= 11 is 0. The molecule has 8 heteroatoms. The molecule has 1 atom stereocenters. The van der Waals surface area contributed by atoms with E-state index in [1.54, 1.807) is 20.3 Å². The van der Waals surface area contributed by atoms with Gasteiger partial charge in [0, 0.05) is 17.7 Å². The van der Waals surface area contributed by atoms with Crippen LogP contribution in [-0.4, -0.2) is 53.5 Å². The number of benzene rings is 3. The number of amides is 1. The van der Waals surface area contributed by atoms with Gasteiger partial charge in [0.25, 0.3) is 5.91 Å². The number of aryl methyl sites for hydroxylation is 2. The molecule has 42 heavy (non-hydrogen) atoms. The van der Waals surface area contributed by atoms with Crippen molar-refractivity contribution in [2.45, 2.75) is 52.5 Å². The molecule has 0 fully saturated rings. The minimum Gasteiger partial charge on any atom is -0.507 e. The van der Waals surface area contributed by atoms with Crippen LogP contribution in [0.15, 0.2) is 54.6 Å². The van der Waals surface area contributed by atoms with E-state index in [-0.39, 0.29) is 11.7 Å². The average molecular weight is 570 g/mol. The van der Waals surface area contributed by atoms with Crippen LogP contribution in [-0.2, 0) is 6.42 Å². The zero-order valence-electron chi connectivity index (χ0n) is 25.0. The summed E-state index contributed by atoms with van der Waals surface area (Å²) in [6.07, 6.45) is 3.85. The predicted octanol–water partition coefficient (Wildman–Crippen LogP) is 6.77. The number of carbonyl (C=O) groups excluding carboxylic acids is 1. The topological polar surface area (TPSA) is 96.9 Å². The highest BCUT2D eigenvalue weighted by Crippen LogP contribution is 2.47. The molecule has 1 amide bonds. The van der Waals surface area contributed by atoms with Crippen LogP contribution in [0.3, 0.4) is 0 Å². The Morgan fingerprint density at radius 2 is 1.76 bits per heavy atom. The number of methoxy groups -OCH3 is 2. The Bertz CT molecular complexity index is 1540. The molecule has 1 aromatic heterocycles. The van der Waals surface area contributed by atoms with Crippen molar-refractivity contribution in [2.24, 2.45) is 0 Å². The van der Waals surface area contributed by atoms with Crippen molar-refractivity contribution < 1.29 is 24.1 Å². The number of rotatable bonds is 12. The van der Waals surface area contributed by atoms with Crippen LogP contribution >= 0.6 is 0 Å². The van der Waals surface area contributed by atoms with E-state index in [0.717, 1.165) is 52.8 Å². The fourth-order valence-electron chi connectivity index (χ4n) is 5.77.